The first kappa shape index (κ1) is 22.6. The minimum atomic E-state index is -0.769. The van der Waals surface area contributed by atoms with Gasteiger partial charge in [-0.25, -0.2) is 4.98 Å². The second kappa shape index (κ2) is 10.8. The third-order valence-electron chi connectivity index (χ3n) is 5.62. The minimum absolute atomic E-state index is 0.586. The summed E-state index contributed by atoms with van der Waals surface area (Å²) in [4.78, 5) is 4.74. The van der Waals surface area contributed by atoms with Crippen LogP contribution in [0.4, 0.5) is 0 Å². The van der Waals surface area contributed by atoms with Crippen LogP contribution in [-0.2, 0) is 6.54 Å². The van der Waals surface area contributed by atoms with Gasteiger partial charge in [0.2, 0.25) is 0 Å². The molecule has 5 nitrogen and oxygen atoms in total. The Bertz CT molecular complexity index is 1210. The van der Waals surface area contributed by atoms with Crippen molar-refractivity contribution in [1.82, 2.24) is 9.55 Å². The number of imidazole rings is 1. The van der Waals surface area contributed by atoms with Crippen molar-refractivity contribution in [1.29, 1.82) is 0 Å². The maximum absolute atomic E-state index is 11.0. The van der Waals surface area contributed by atoms with Gasteiger partial charge in [-0.1, -0.05) is 60.7 Å². The highest BCUT2D eigenvalue weighted by Crippen LogP contribution is 2.29. The zero-order valence-corrected chi connectivity index (χ0v) is 19.1. The SMILES string of the molecule is C/C=C/c1ccc(OCCCCn2c(C(O)c3ccccc3)nc3ccccc32)c(OC)c1. The fourth-order valence-electron chi connectivity index (χ4n) is 3.98. The molecular formula is C28H30N2O3. The maximum Gasteiger partial charge on any atom is 0.161 e. The molecule has 1 N–H and O–H groups in total. The van der Waals surface area contributed by atoms with Gasteiger partial charge in [-0.2, -0.15) is 0 Å². The monoisotopic (exact) mass is 442 g/mol. The van der Waals surface area contributed by atoms with Crippen molar-refractivity contribution in [3.05, 3.63) is 95.8 Å². The number of ether oxygens (including phenoxy) is 2. The Morgan fingerprint density at radius 2 is 1.76 bits per heavy atom. The van der Waals surface area contributed by atoms with E-state index >= 15 is 0 Å². The van der Waals surface area contributed by atoms with Crippen LogP contribution in [0.3, 0.4) is 0 Å². The van der Waals surface area contributed by atoms with Gasteiger partial charge in [0.05, 0.1) is 24.8 Å². The van der Waals surface area contributed by atoms with Gasteiger partial charge in [0.1, 0.15) is 11.9 Å². The molecule has 4 aromatic rings. The molecule has 0 saturated heterocycles. The molecule has 0 amide bonds. The zero-order chi connectivity index (χ0) is 23.0. The van der Waals surface area contributed by atoms with Crippen LogP contribution in [-0.4, -0.2) is 28.4 Å². The van der Waals surface area contributed by atoms with Gasteiger partial charge in [0.25, 0.3) is 0 Å². The summed E-state index contributed by atoms with van der Waals surface area (Å²) in [7, 11) is 1.66. The van der Waals surface area contributed by atoms with E-state index in [4.69, 9.17) is 14.5 Å². The molecule has 4 rings (SSSR count). The number of fused-ring (bicyclic) bond motifs is 1. The number of unbranched alkanes of at least 4 members (excludes halogenated alkanes) is 1. The van der Waals surface area contributed by atoms with E-state index in [0.29, 0.717) is 12.4 Å². The van der Waals surface area contributed by atoms with Crippen LogP contribution in [0.2, 0.25) is 0 Å². The number of aryl methyl sites for hydroxylation is 1. The Hall–Kier alpha value is -3.57. The number of nitrogens with zero attached hydrogens (tertiary/aromatic N) is 2. The van der Waals surface area contributed by atoms with Gasteiger partial charge >= 0.3 is 0 Å². The van der Waals surface area contributed by atoms with Crippen LogP contribution in [0.1, 0.15) is 42.8 Å². The highest BCUT2D eigenvalue weighted by Gasteiger charge is 2.19. The lowest BCUT2D eigenvalue weighted by molar-refractivity contribution is 0.204. The van der Waals surface area contributed by atoms with Crippen LogP contribution in [0, 0.1) is 0 Å². The second-order valence-electron chi connectivity index (χ2n) is 7.89. The zero-order valence-electron chi connectivity index (χ0n) is 19.1. The molecule has 0 aliphatic carbocycles. The van der Waals surface area contributed by atoms with Gasteiger partial charge in [0, 0.05) is 6.54 Å². The third-order valence-corrected chi connectivity index (χ3v) is 5.62. The lowest BCUT2D eigenvalue weighted by Gasteiger charge is -2.15. The molecular weight excluding hydrogens is 412 g/mol. The first-order valence-corrected chi connectivity index (χ1v) is 11.3. The van der Waals surface area contributed by atoms with Gasteiger partial charge < -0.3 is 19.1 Å². The molecule has 1 heterocycles. The molecule has 170 valence electrons. The third kappa shape index (κ3) is 5.26. The molecule has 1 aromatic heterocycles. The summed E-state index contributed by atoms with van der Waals surface area (Å²) in [5.74, 6) is 2.16. The van der Waals surface area contributed by atoms with Gasteiger partial charge in [-0.05, 0) is 55.2 Å². The molecule has 0 saturated carbocycles. The van der Waals surface area contributed by atoms with Gasteiger partial charge in [-0.3, -0.25) is 0 Å². The Labute approximate surface area is 194 Å². The standard InChI is InChI=1S/C28H30N2O3/c1-3-11-21-16-17-25(26(20-21)32-2)33-19-10-9-18-30-24-15-8-7-14-23(24)29-28(30)27(31)22-12-5-4-6-13-22/h3-8,11-17,20,27,31H,9-10,18-19H2,1-2H3/b11-3+. The number of hydrogen-bond acceptors (Lipinski definition) is 4. The number of para-hydroxylation sites is 2. The van der Waals surface area contributed by atoms with Crippen LogP contribution in [0.15, 0.2) is 78.9 Å². The first-order chi connectivity index (χ1) is 16.2. The second-order valence-corrected chi connectivity index (χ2v) is 7.89. The summed E-state index contributed by atoms with van der Waals surface area (Å²) in [6.07, 6.45) is 5.03. The average molecular weight is 443 g/mol. The molecule has 1 unspecified atom stereocenters. The molecule has 0 fully saturated rings. The number of allylic oxidation sites excluding steroid dienone is 1. The molecule has 0 bridgehead atoms. The van der Waals surface area contributed by atoms with Crippen LogP contribution < -0.4 is 9.47 Å². The van der Waals surface area contributed by atoms with E-state index < -0.39 is 6.10 Å². The van der Waals surface area contributed by atoms with Crippen molar-refractivity contribution in [2.24, 2.45) is 0 Å². The molecule has 1 atom stereocenters. The fourth-order valence-corrected chi connectivity index (χ4v) is 3.98. The minimum Gasteiger partial charge on any atom is -0.493 e. The van der Waals surface area contributed by atoms with Crippen molar-refractivity contribution in [3.8, 4) is 11.5 Å². The normalized spacial score (nSPS) is 12.3. The number of benzene rings is 3. The Morgan fingerprint density at radius 3 is 2.55 bits per heavy atom. The summed E-state index contributed by atoms with van der Waals surface area (Å²) < 4.78 is 13.6. The quantitative estimate of drug-likeness (QED) is 0.305. The van der Waals surface area contributed by atoms with Gasteiger partial charge in [0.15, 0.2) is 11.5 Å². The molecule has 33 heavy (non-hydrogen) atoms. The molecule has 5 heteroatoms. The maximum atomic E-state index is 11.0. The summed E-state index contributed by atoms with van der Waals surface area (Å²) >= 11 is 0. The summed E-state index contributed by atoms with van der Waals surface area (Å²) in [6, 6.07) is 23.6. The van der Waals surface area contributed by atoms with Crippen molar-refractivity contribution >= 4 is 17.1 Å². The van der Waals surface area contributed by atoms with Crippen LogP contribution in [0.5, 0.6) is 11.5 Å². The lowest BCUT2D eigenvalue weighted by atomic mass is 10.1. The van der Waals surface area contributed by atoms with Crippen LogP contribution >= 0.6 is 0 Å². The van der Waals surface area contributed by atoms with Crippen molar-refractivity contribution < 1.29 is 14.6 Å². The fraction of sp³-hybridized carbons (Fsp3) is 0.250. The Kier molecular flexibility index (Phi) is 7.43. The van der Waals surface area contributed by atoms with Crippen LogP contribution in [0.25, 0.3) is 17.1 Å². The molecule has 0 radical (unpaired) electrons. The smallest absolute Gasteiger partial charge is 0.161 e. The molecule has 0 aliphatic rings. The van der Waals surface area contributed by atoms with Crippen molar-refractivity contribution in [2.45, 2.75) is 32.4 Å². The lowest BCUT2D eigenvalue weighted by Crippen LogP contribution is -2.11. The van der Waals surface area contributed by atoms with E-state index in [0.717, 1.165) is 53.0 Å². The largest absolute Gasteiger partial charge is 0.493 e. The number of aliphatic hydroxyl groups excluding tert-OH is 1. The predicted octanol–water partition coefficient (Wildman–Crippen LogP) is 6.02. The summed E-state index contributed by atoms with van der Waals surface area (Å²) in [5.41, 5.74) is 3.85. The Morgan fingerprint density at radius 1 is 0.970 bits per heavy atom. The molecule has 3 aromatic carbocycles. The van der Waals surface area contributed by atoms with E-state index in [9.17, 15) is 5.11 Å². The number of rotatable bonds is 10. The highest BCUT2D eigenvalue weighted by molar-refractivity contribution is 5.76. The van der Waals surface area contributed by atoms with E-state index in [2.05, 4.69) is 10.6 Å². The average Bonchev–Trinajstić information content (AvgIpc) is 3.23. The number of hydrogen-bond donors (Lipinski definition) is 1. The van der Waals surface area contributed by atoms with E-state index in [1.807, 2.05) is 85.8 Å². The summed E-state index contributed by atoms with van der Waals surface area (Å²) in [5, 5.41) is 11.0. The van der Waals surface area contributed by atoms with E-state index in [1.165, 1.54) is 0 Å². The predicted molar refractivity (Wildman–Crippen MR) is 133 cm³/mol. The van der Waals surface area contributed by atoms with Gasteiger partial charge in [-0.15, -0.1) is 0 Å². The van der Waals surface area contributed by atoms with Crippen molar-refractivity contribution in [3.63, 3.8) is 0 Å². The number of aromatic nitrogens is 2. The topological polar surface area (TPSA) is 56.5 Å². The molecule has 0 spiro atoms. The number of methoxy groups -OCH3 is 1. The highest BCUT2D eigenvalue weighted by atomic mass is 16.5. The molecule has 0 aliphatic heterocycles. The first-order valence-electron chi connectivity index (χ1n) is 11.3. The Balaban J connectivity index is 1.43. The van der Waals surface area contributed by atoms with E-state index in [1.54, 1.807) is 7.11 Å². The van der Waals surface area contributed by atoms with Crippen molar-refractivity contribution in [2.75, 3.05) is 13.7 Å². The summed E-state index contributed by atoms with van der Waals surface area (Å²) in [6.45, 7) is 3.33. The number of aliphatic hydroxyl groups is 1. The van der Waals surface area contributed by atoms with E-state index in [-0.39, 0.29) is 0 Å².